The minimum Gasteiger partial charge on any atom is -0.481 e. The maximum Gasteiger partial charge on any atom is 0.303 e. The van der Waals surface area contributed by atoms with E-state index in [0.717, 1.165) is 6.07 Å². The van der Waals surface area contributed by atoms with Crippen LogP contribution in [-0.4, -0.2) is 48.5 Å². The summed E-state index contributed by atoms with van der Waals surface area (Å²) in [5, 5.41) is 20.1. The second-order valence-electron chi connectivity index (χ2n) is 7.50. The van der Waals surface area contributed by atoms with Gasteiger partial charge in [0.15, 0.2) is 5.96 Å². The van der Waals surface area contributed by atoms with Gasteiger partial charge in [-0.1, -0.05) is 12.1 Å². The van der Waals surface area contributed by atoms with E-state index in [9.17, 15) is 18.8 Å². The Balaban J connectivity index is 1.98. The molecule has 9 nitrogen and oxygen atoms in total. The van der Waals surface area contributed by atoms with E-state index in [4.69, 9.17) is 5.11 Å². The van der Waals surface area contributed by atoms with Crippen LogP contribution in [0.3, 0.4) is 0 Å². The summed E-state index contributed by atoms with van der Waals surface area (Å²) in [6.45, 7) is 3.60. The van der Waals surface area contributed by atoms with Crippen LogP contribution in [0.2, 0.25) is 0 Å². The number of guanidine groups is 1. The molecule has 33 heavy (non-hydrogen) atoms. The second kappa shape index (κ2) is 12.2. The summed E-state index contributed by atoms with van der Waals surface area (Å²) in [6.07, 6.45) is -0.0289. The Bertz CT molecular complexity index is 1040. The molecule has 0 aliphatic carbocycles. The van der Waals surface area contributed by atoms with Crippen LogP contribution in [0.1, 0.15) is 36.2 Å². The third-order valence-electron chi connectivity index (χ3n) is 4.40. The van der Waals surface area contributed by atoms with Gasteiger partial charge < -0.3 is 26.4 Å². The van der Waals surface area contributed by atoms with Gasteiger partial charge in [-0.2, -0.15) is 0 Å². The highest BCUT2D eigenvalue weighted by molar-refractivity contribution is 6.01. The van der Waals surface area contributed by atoms with E-state index in [-0.39, 0.29) is 31.1 Å². The highest BCUT2D eigenvalue weighted by atomic mass is 19.1. The summed E-state index contributed by atoms with van der Waals surface area (Å²) in [7, 11) is 1.64. The number of carbonyl (C=O) groups excluding carboxylic acids is 2. The summed E-state index contributed by atoms with van der Waals surface area (Å²) in [6, 6.07) is 10.6. The van der Waals surface area contributed by atoms with Gasteiger partial charge in [0.1, 0.15) is 5.82 Å². The fourth-order valence-electron chi connectivity index (χ4n) is 2.89. The molecule has 0 fully saturated rings. The van der Waals surface area contributed by atoms with Gasteiger partial charge in [0.25, 0.3) is 5.91 Å². The van der Waals surface area contributed by atoms with Crippen molar-refractivity contribution in [3.63, 3.8) is 0 Å². The number of rotatable bonds is 9. The number of benzene rings is 2. The van der Waals surface area contributed by atoms with Crippen LogP contribution < -0.4 is 21.3 Å². The number of amides is 2. The lowest BCUT2D eigenvalue weighted by molar-refractivity contribution is -0.137. The number of nitrogens with zero attached hydrogens (tertiary/aromatic N) is 1. The van der Waals surface area contributed by atoms with Crippen LogP contribution in [0.15, 0.2) is 47.5 Å². The van der Waals surface area contributed by atoms with Gasteiger partial charge in [0.05, 0.1) is 6.54 Å². The Labute approximate surface area is 191 Å². The molecule has 10 heteroatoms. The zero-order chi connectivity index (χ0) is 24.4. The van der Waals surface area contributed by atoms with Gasteiger partial charge >= 0.3 is 5.97 Å². The number of nitrogens with one attached hydrogen (secondary N) is 4. The molecule has 2 rings (SSSR count). The molecule has 2 amide bonds. The summed E-state index contributed by atoms with van der Waals surface area (Å²) >= 11 is 0. The molecule has 0 heterocycles. The first-order chi connectivity index (χ1) is 15.7. The smallest absolute Gasteiger partial charge is 0.303 e. The van der Waals surface area contributed by atoms with E-state index in [1.54, 1.807) is 31.3 Å². The van der Waals surface area contributed by atoms with Gasteiger partial charge in [0.2, 0.25) is 5.91 Å². The zero-order valence-corrected chi connectivity index (χ0v) is 18.7. The predicted octanol–water partition coefficient (Wildman–Crippen LogP) is 2.61. The van der Waals surface area contributed by atoms with E-state index in [1.165, 1.54) is 12.1 Å². The standard InChI is InChI=1S/C23H28FN5O4/c1-14(2)27-23(25-3)28-18-6-4-5-16(11-18)22(33)26-13-20(30)29-19-12-17(24)9-7-15(19)8-10-21(31)32/h4-7,9,11-12,14H,8,10,13H2,1-3H3,(H,26,33)(H,29,30)(H,31,32)(H2,25,27,28). The molecular formula is C23H28FN5O4. The Kier molecular flexibility index (Phi) is 9.34. The van der Waals surface area contributed by atoms with Gasteiger partial charge in [-0.15, -0.1) is 0 Å². The summed E-state index contributed by atoms with van der Waals surface area (Å²) in [4.78, 5) is 39.7. The van der Waals surface area contributed by atoms with Crippen molar-refractivity contribution < 1.29 is 23.9 Å². The van der Waals surface area contributed by atoms with Crippen molar-refractivity contribution in [2.75, 3.05) is 24.2 Å². The first-order valence-corrected chi connectivity index (χ1v) is 10.4. The maximum atomic E-state index is 13.6. The number of carboxylic acid groups (broad SMARTS) is 1. The van der Waals surface area contributed by atoms with Crippen LogP contribution in [0, 0.1) is 5.82 Å². The molecule has 0 unspecified atom stereocenters. The lowest BCUT2D eigenvalue weighted by atomic mass is 10.1. The molecule has 0 saturated heterocycles. The fraction of sp³-hybridized carbons (Fsp3) is 0.304. The number of hydrogen-bond donors (Lipinski definition) is 5. The second-order valence-corrected chi connectivity index (χ2v) is 7.50. The van der Waals surface area contributed by atoms with Crippen LogP contribution in [0.25, 0.3) is 0 Å². The molecule has 0 atom stereocenters. The van der Waals surface area contributed by atoms with Crippen molar-refractivity contribution in [2.24, 2.45) is 4.99 Å². The predicted molar refractivity (Wildman–Crippen MR) is 125 cm³/mol. The van der Waals surface area contributed by atoms with Gasteiger partial charge in [-0.05, 0) is 56.2 Å². The monoisotopic (exact) mass is 457 g/mol. The average molecular weight is 458 g/mol. The number of carbonyl (C=O) groups is 3. The van der Waals surface area contributed by atoms with E-state index < -0.39 is 23.6 Å². The molecule has 176 valence electrons. The van der Waals surface area contributed by atoms with Crippen LogP contribution in [-0.2, 0) is 16.0 Å². The minimum atomic E-state index is -1.00. The van der Waals surface area contributed by atoms with Gasteiger partial charge in [-0.25, -0.2) is 4.39 Å². The van der Waals surface area contributed by atoms with Crippen LogP contribution >= 0.6 is 0 Å². The first kappa shape index (κ1) is 25.3. The molecule has 0 bridgehead atoms. The van der Waals surface area contributed by atoms with E-state index in [0.29, 0.717) is 22.8 Å². The van der Waals surface area contributed by atoms with Crippen molar-refractivity contribution >= 4 is 35.1 Å². The Morgan fingerprint density at radius 2 is 1.85 bits per heavy atom. The first-order valence-electron chi connectivity index (χ1n) is 10.4. The lowest BCUT2D eigenvalue weighted by Gasteiger charge is -2.15. The number of aliphatic carboxylic acids is 1. The SMILES string of the molecule is CN=C(Nc1cccc(C(=O)NCC(=O)Nc2cc(F)ccc2CCC(=O)O)c1)NC(C)C. The van der Waals surface area contributed by atoms with Gasteiger partial charge in [0, 0.05) is 36.4 Å². The highest BCUT2D eigenvalue weighted by Crippen LogP contribution is 2.19. The van der Waals surface area contributed by atoms with Crippen molar-refractivity contribution in [1.82, 2.24) is 10.6 Å². The molecule has 0 aliphatic heterocycles. The number of hydrogen-bond acceptors (Lipinski definition) is 4. The number of anilines is 2. The lowest BCUT2D eigenvalue weighted by Crippen LogP contribution is -2.36. The van der Waals surface area contributed by atoms with Crippen LogP contribution in [0.4, 0.5) is 15.8 Å². The van der Waals surface area contributed by atoms with Crippen LogP contribution in [0.5, 0.6) is 0 Å². The van der Waals surface area contributed by atoms with E-state index in [2.05, 4.69) is 26.3 Å². The maximum absolute atomic E-state index is 13.6. The normalized spacial score (nSPS) is 11.1. The third-order valence-corrected chi connectivity index (χ3v) is 4.40. The number of halogens is 1. The molecule has 2 aromatic rings. The van der Waals surface area contributed by atoms with Crippen molar-refractivity contribution in [3.8, 4) is 0 Å². The third kappa shape index (κ3) is 8.60. The molecule has 0 spiro atoms. The number of aliphatic imine (C=N–C) groups is 1. The average Bonchev–Trinajstić information content (AvgIpc) is 2.76. The quantitative estimate of drug-likeness (QED) is 0.291. The van der Waals surface area contributed by atoms with E-state index >= 15 is 0 Å². The Hall–Kier alpha value is -3.95. The zero-order valence-electron chi connectivity index (χ0n) is 18.7. The summed E-state index contributed by atoms with van der Waals surface area (Å²) in [5.74, 6) is -2.06. The minimum absolute atomic E-state index is 0.131. The number of aryl methyl sites for hydroxylation is 1. The molecule has 2 aromatic carbocycles. The molecule has 0 radical (unpaired) electrons. The van der Waals surface area contributed by atoms with Crippen molar-refractivity contribution in [2.45, 2.75) is 32.7 Å². The van der Waals surface area contributed by atoms with Crippen molar-refractivity contribution in [1.29, 1.82) is 0 Å². The van der Waals surface area contributed by atoms with Gasteiger partial charge in [-0.3, -0.25) is 19.4 Å². The fourth-order valence-corrected chi connectivity index (χ4v) is 2.89. The molecular weight excluding hydrogens is 429 g/mol. The largest absolute Gasteiger partial charge is 0.481 e. The molecule has 0 saturated carbocycles. The topological polar surface area (TPSA) is 132 Å². The highest BCUT2D eigenvalue weighted by Gasteiger charge is 2.13. The summed E-state index contributed by atoms with van der Waals surface area (Å²) in [5.41, 5.74) is 1.63. The molecule has 0 aliphatic rings. The van der Waals surface area contributed by atoms with E-state index in [1.807, 2.05) is 13.8 Å². The Morgan fingerprint density at radius 3 is 2.52 bits per heavy atom. The molecule has 0 aromatic heterocycles. The summed E-state index contributed by atoms with van der Waals surface area (Å²) < 4.78 is 13.6. The Morgan fingerprint density at radius 1 is 1.09 bits per heavy atom. The van der Waals surface area contributed by atoms with Crippen molar-refractivity contribution in [3.05, 3.63) is 59.4 Å². The number of carboxylic acids is 1. The molecule has 5 N–H and O–H groups in total.